The Labute approximate surface area is 88.1 Å². The van der Waals surface area contributed by atoms with E-state index in [1.54, 1.807) is 6.20 Å². The average Bonchev–Trinajstić information content (AvgIpc) is 2.76. The molecule has 1 aromatic heterocycles. The van der Waals surface area contributed by atoms with E-state index >= 15 is 0 Å². The van der Waals surface area contributed by atoms with Crippen LogP contribution in [0.15, 0.2) is 36.5 Å². The van der Waals surface area contributed by atoms with E-state index in [0.717, 1.165) is 17.3 Å². The Morgan fingerprint density at radius 2 is 2.07 bits per heavy atom. The van der Waals surface area contributed by atoms with Gasteiger partial charge in [-0.05, 0) is 12.1 Å². The van der Waals surface area contributed by atoms with Crippen LogP contribution in [0.5, 0.6) is 5.75 Å². The third-order valence-corrected chi connectivity index (χ3v) is 2.02. The van der Waals surface area contributed by atoms with Crippen LogP contribution in [0.25, 0.3) is 0 Å². The van der Waals surface area contributed by atoms with Crippen LogP contribution in [-0.4, -0.2) is 9.97 Å². The van der Waals surface area contributed by atoms with Gasteiger partial charge in [0.25, 0.3) is 0 Å². The summed E-state index contributed by atoms with van der Waals surface area (Å²) < 4.78 is 5.52. The van der Waals surface area contributed by atoms with Crippen LogP contribution in [0.2, 0.25) is 0 Å². The predicted octanol–water partition coefficient (Wildman–Crippen LogP) is 1.45. The van der Waals surface area contributed by atoms with Gasteiger partial charge in [0.05, 0.1) is 0 Å². The minimum absolute atomic E-state index is 0.435. The van der Waals surface area contributed by atoms with Crippen molar-refractivity contribution in [1.82, 2.24) is 9.97 Å². The Morgan fingerprint density at radius 1 is 1.27 bits per heavy atom. The molecule has 4 heteroatoms. The number of hydrogen-bond donors (Lipinski definition) is 2. The number of benzene rings is 1. The number of hydrogen-bond acceptors (Lipinski definition) is 3. The summed E-state index contributed by atoms with van der Waals surface area (Å²) in [5, 5.41) is 0. The van der Waals surface area contributed by atoms with Crippen molar-refractivity contribution in [3.05, 3.63) is 48.0 Å². The third-order valence-electron chi connectivity index (χ3n) is 2.02. The van der Waals surface area contributed by atoms with E-state index in [-0.39, 0.29) is 0 Å². The van der Waals surface area contributed by atoms with Gasteiger partial charge in [0, 0.05) is 18.4 Å². The summed E-state index contributed by atoms with van der Waals surface area (Å²) in [6.45, 7) is 0.905. The number of H-pyrrole nitrogens is 1. The van der Waals surface area contributed by atoms with Crippen molar-refractivity contribution in [3.63, 3.8) is 0 Å². The summed E-state index contributed by atoms with van der Waals surface area (Å²) in [6, 6.07) is 9.64. The first-order valence-electron chi connectivity index (χ1n) is 4.79. The largest absolute Gasteiger partial charge is 0.486 e. The lowest BCUT2D eigenvalue weighted by molar-refractivity contribution is 0.297. The molecule has 1 aromatic carbocycles. The average molecular weight is 203 g/mol. The van der Waals surface area contributed by atoms with Crippen molar-refractivity contribution in [2.24, 2.45) is 5.73 Å². The molecule has 0 saturated heterocycles. The fourth-order valence-electron chi connectivity index (χ4n) is 1.25. The van der Waals surface area contributed by atoms with Crippen molar-refractivity contribution >= 4 is 0 Å². The standard InChI is InChI=1S/C11H13N3O/c12-6-9-7-13-11(14-9)8-15-10-4-2-1-3-5-10/h1-5,7H,6,8,12H2,(H,13,14). The predicted molar refractivity (Wildman–Crippen MR) is 57.3 cm³/mol. The number of imidazole rings is 1. The smallest absolute Gasteiger partial charge is 0.146 e. The molecule has 15 heavy (non-hydrogen) atoms. The summed E-state index contributed by atoms with van der Waals surface area (Å²) >= 11 is 0. The topological polar surface area (TPSA) is 63.9 Å². The van der Waals surface area contributed by atoms with Crippen molar-refractivity contribution in [2.45, 2.75) is 13.2 Å². The van der Waals surface area contributed by atoms with Gasteiger partial charge in [0.1, 0.15) is 18.2 Å². The highest BCUT2D eigenvalue weighted by atomic mass is 16.5. The fourth-order valence-corrected chi connectivity index (χ4v) is 1.25. The van der Waals surface area contributed by atoms with Crippen LogP contribution >= 0.6 is 0 Å². The number of rotatable bonds is 4. The van der Waals surface area contributed by atoms with Gasteiger partial charge in [-0.2, -0.15) is 0 Å². The van der Waals surface area contributed by atoms with E-state index in [9.17, 15) is 0 Å². The molecule has 0 fully saturated rings. The summed E-state index contributed by atoms with van der Waals surface area (Å²) in [4.78, 5) is 7.21. The zero-order valence-electron chi connectivity index (χ0n) is 8.31. The molecule has 4 nitrogen and oxygen atoms in total. The maximum atomic E-state index is 5.52. The molecule has 0 unspecified atom stereocenters. The normalized spacial score (nSPS) is 10.2. The fraction of sp³-hybridized carbons (Fsp3) is 0.182. The van der Waals surface area contributed by atoms with Crippen LogP contribution in [0.3, 0.4) is 0 Å². The quantitative estimate of drug-likeness (QED) is 0.790. The molecule has 0 amide bonds. The van der Waals surface area contributed by atoms with E-state index in [0.29, 0.717) is 13.2 Å². The number of para-hydroxylation sites is 1. The molecule has 1 heterocycles. The summed E-state index contributed by atoms with van der Waals surface area (Å²) in [6.07, 6.45) is 1.73. The van der Waals surface area contributed by atoms with Gasteiger partial charge < -0.3 is 15.5 Å². The molecule has 0 radical (unpaired) electrons. The highest BCUT2D eigenvalue weighted by Crippen LogP contribution is 2.10. The van der Waals surface area contributed by atoms with E-state index in [1.165, 1.54) is 0 Å². The molecule has 0 spiro atoms. The third kappa shape index (κ3) is 2.57. The Hall–Kier alpha value is -1.81. The number of ether oxygens (including phenoxy) is 1. The lowest BCUT2D eigenvalue weighted by Gasteiger charge is -2.02. The molecule has 0 aliphatic rings. The molecule has 0 aliphatic carbocycles. The zero-order chi connectivity index (χ0) is 10.5. The van der Waals surface area contributed by atoms with Crippen molar-refractivity contribution in [3.8, 4) is 5.75 Å². The summed E-state index contributed by atoms with van der Waals surface area (Å²) in [5.74, 6) is 1.63. The van der Waals surface area contributed by atoms with Gasteiger partial charge in [-0.25, -0.2) is 4.98 Å². The summed E-state index contributed by atoms with van der Waals surface area (Å²) in [5.41, 5.74) is 6.38. The first kappa shape index (κ1) is 9.73. The van der Waals surface area contributed by atoms with E-state index in [4.69, 9.17) is 10.5 Å². The Morgan fingerprint density at radius 3 is 2.73 bits per heavy atom. The van der Waals surface area contributed by atoms with Crippen LogP contribution in [0, 0.1) is 0 Å². The SMILES string of the molecule is NCc1cnc(COc2ccccc2)[nH]1. The van der Waals surface area contributed by atoms with Crippen LogP contribution < -0.4 is 10.5 Å². The van der Waals surface area contributed by atoms with Crippen molar-refractivity contribution in [2.75, 3.05) is 0 Å². The number of nitrogens with one attached hydrogen (secondary N) is 1. The second-order valence-electron chi connectivity index (χ2n) is 3.16. The van der Waals surface area contributed by atoms with Crippen LogP contribution in [0.1, 0.15) is 11.5 Å². The molecule has 0 aliphatic heterocycles. The van der Waals surface area contributed by atoms with E-state index in [1.807, 2.05) is 30.3 Å². The molecule has 0 atom stereocenters. The highest BCUT2D eigenvalue weighted by molar-refractivity contribution is 5.21. The molecule has 0 saturated carbocycles. The van der Waals surface area contributed by atoms with Crippen LogP contribution in [-0.2, 0) is 13.2 Å². The van der Waals surface area contributed by atoms with Gasteiger partial charge in [-0.3, -0.25) is 0 Å². The Bertz CT molecular complexity index is 411. The van der Waals surface area contributed by atoms with E-state index in [2.05, 4.69) is 9.97 Å². The molecular weight excluding hydrogens is 190 g/mol. The summed E-state index contributed by atoms with van der Waals surface area (Å²) in [7, 11) is 0. The number of nitrogens with zero attached hydrogens (tertiary/aromatic N) is 1. The highest BCUT2D eigenvalue weighted by Gasteiger charge is 1.99. The van der Waals surface area contributed by atoms with E-state index < -0.39 is 0 Å². The molecule has 78 valence electrons. The molecule has 0 bridgehead atoms. The Balaban J connectivity index is 1.93. The van der Waals surface area contributed by atoms with Crippen molar-refractivity contribution < 1.29 is 4.74 Å². The maximum absolute atomic E-state index is 5.52. The minimum atomic E-state index is 0.435. The van der Waals surface area contributed by atoms with Gasteiger partial charge in [0.2, 0.25) is 0 Å². The second kappa shape index (κ2) is 4.61. The monoisotopic (exact) mass is 203 g/mol. The van der Waals surface area contributed by atoms with Crippen molar-refractivity contribution in [1.29, 1.82) is 0 Å². The second-order valence-corrected chi connectivity index (χ2v) is 3.16. The Kier molecular flexibility index (Phi) is 2.99. The number of aromatic amines is 1. The lowest BCUT2D eigenvalue weighted by atomic mass is 10.3. The lowest BCUT2D eigenvalue weighted by Crippen LogP contribution is -1.99. The van der Waals surface area contributed by atoms with Gasteiger partial charge >= 0.3 is 0 Å². The molecule has 2 rings (SSSR count). The first-order chi connectivity index (χ1) is 7.38. The van der Waals surface area contributed by atoms with Gasteiger partial charge in [-0.1, -0.05) is 18.2 Å². The van der Waals surface area contributed by atoms with Gasteiger partial charge in [0.15, 0.2) is 0 Å². The molecular formula is C11H13N3O. The van der Waals surface area contributed by atoms with Crippen LogP contribution in [0.4, 0.5) is 0 Å². The molecule has 3 N–H and O–H groups in total. The first-order valence-corrected chi connectivity index (χ1v) is 4.79. The zero-order valence-corrected chi connectivity index (χ0v) is 8.31. The number of aromatic nitrogens is 2. The van der Waals surface area contributed by atoms with Gasteiger partial charge in [-0.15, -0.1) is 0 Å². The minimum Gasteiger partial charge on any atom is -0.486 e. The number of nitrogens with two attached hydrogens (primary N) is 1. The maximum Gasteiger partial charge on any atom is 0.146 e. The molecule has 2 aromatic rings.